The third-order valence-corrected chi connectivity index (χ3v) is 3.27. The summed E-state index contributed by atoms with van der Waals surface area (Å²) < 4.78 is 0.997. The Hall–Kier alpha value is -0.850. The summed E-state index contributed by atoms with van der Waals surface area (Å²) >= 11 is -0.123. The predicted molar refractivity (Wildman–Crippen MR) is 39.4 cm³/mol. The van der Waals surface area contributed by atoms with Crippen molar-refractivity contribution in [3.63, 3.8) is 0 Å². The molecule has 66 valence electrons. The van der Waals surface area contributed by atoms with Gasteiger partial charge in [0.1, 0.15) is 0 Å². The summed E-state index contributed by atoms with van der Waals surface area (Å²) in [6.07, 6.45) is 0. The van der Waals surface area contributed by atoms with Crippen LogP contribution in [0.15, 0.2) is 18.2 Å². The maximum absolute atomic E-state index is 10.3. The van der Waals surface area contributed by atoms with Crippen LogP contribution >= 0.6 is 0 Å². The van der Waals surface area contributed by atoms with Gasteiger partial charge in [0.2, 0.25) is 0 Å². The van der Waals surface area contributed by atoms with Gasteiger partial charge in [-0.3, -0.25) is 0 Å². The number of phenols is 1. The molecule has 0 atom stereocenters. The molecule has 0 aliphatic heterocycles. The number of nitro benzene ring substituents is 1. The van der Waals surface area contributed by atoms with E-state index in [1.807, 2.05) is 4.93 Å². The van der Waals surface area contributed by atoms with Crippen LogP contribution < -0.4 is 21.2 Å². The zero-order valence-corrected chi connectivity index (χ0v) is 8.48. The van der Waals surface area contributed by atoms with E-state index in [2.05, 4.69) is 0 Å². The van der Waals surface area contributed by atoms with Crippen molar-refractivity contribution in [2.24, 2.45) is 0 Å². The molecule has 4 nitrogen and oxygen atoms in total. The summed E-state index contributed by atoms with van der Waals surface area (Å²) in [7, 11) is 0. The van der Waals surface area contributed by atoms with Gasteiger partial charge >= 0.3 is 79.5 Å². The maximum atomic E-state index is 10.3. The van der Waals surface area contributed by atoms with E-state index in [0.717, 1.165) is 3.57 Å². The van der Waals surface area contributed by atoms with Crippen LogP contribution in [0.5, 0.6) is 5.75 Å². The van der Waals surface area contributed by atoms with E-state index in [-0.39, 0.29) is 32.6 Å². The van der Waals surface area contributed by atoms with Gasteiger partial charge < -0.3 is 0 Å². The van der Waals surface area contributed by atoms with Crippen molar-refractivity contribution < 1.29 is 31.2 Å². The van der Waals surface area contributed by atoms with Crippen LogP contribution in [0.3, 0.4) is 0 Å². The van der Waals surface area contributed by atoms with Gasteiger partial charge in [0.05, 0.1) is 0 Å². The van der Waals surface area contributed by atoms with Crippen LogP contribution in [-0.4, -0.2) is 15.0 Å². The van der Waals surface area contributed by atoms with Crippen LogP contribution in [-0.2, 0) is 0 Å². The van der Waals surface area contributed by atoms with E-state index in [4.69, 9.17) is 5.11 Å². The van der Waals surface area contributed by atoms with Gasteiger partial charge in [0, 0.05) is 0 Å². The fourth-order valence-electron chi connectivity index (χ4n) is 0.769. The molecule has 0 aromatic heterocycles. The van der Waals surface area contributed by atoms with Gasteiger partial charge in [0.15, 0.2) is 0 Å². The quantitative estimate of drug-likeness (QED) is 0.300. The fraction of sp³-hybridized carbons (Fsp3) is 0.143. The molecule has 1 aromatic rings. The summed E-state index contributed by atoms with van der Waals surface area (Å²) in [4.78, 5) is 11.7. The summed E-state index contributed by atoms with van der Waals surface area (Å²) in [5.41, 5.74) is -0.226. The number of nitrogens with zero attached hydrogens (tertiary/aromatic N) is 1. The van der Waals surface area contributed by atoms with Gasteiger partial charge in [-0.05, 0) is 0 Å². The first-order valence-electron chi connectivity index (χ1n) is 3.12. The minimum atomic E-state index is -0.590. The van der Waals surface area contributed by atoms with Crippen LogP contribution in [0.25, 0.3) is 0 Å². The number of phenolic OH excluding ortho intramolecular Hbond substituents is 1. The third-order valence-electron chi connectivity index (χ3n) is 1.35. The first kappa shape index (κ1) is 9.24. The Kier molecular flexibility index (Phi) is 2.85. The second kappa shape index (κ2) is 3.70. The van der Waals surface area contributed by atoms with E-state index in [1.54, 1.807) is 6.07 Å². The SMILES string of the molecule is C[I-]c1ccc([N+](=O)[O-])c(O)c1. The zero-order valence-electron chi connectivity index (χ0n) is 6.32. The molecule has 1 N–H and O–H groups in total. The van der Waals surface area contributed by atoms with Gasteiger partial charge in [-0.2, -0.15) is 0 Å². The second-order valence-electron chi connectivity index (χ2n) is 2.08. The molecule has 1 aromatic carbocycles. The molecule has 0 aliphatic carbocycles. The number of rotatable bonds is 2. The topological polar surface area (TPSA) is 63.4 Å². The molecule has 0 unspecified atom stereocenters. The summed E-state index contributed by atoms with van der Waals surface area (Å²) in [6.45, 7) is 0. The van der Waals surface area contributed by atoms with Crippen LogP contribution in [0.2, 0.25) is 0 Å². The van der Waals surface area contributed by atoms with Crippen LogP contribution in [0.4, 0.5) is 5.69 Å². The van der Waals surface area contributed by atoms with Gasteiger partial charge in [-0.15, -0.1) is 0 Å². The first-order valence-corrected chi connectivity index (χ1v) is 6.35. The molecule has 0 bridgehead atoms. The summed E-state index contributed by atoms with van der Waals surface area (Å²) in [6, 6.07) is 4.49. The Bertz CT molecular complexity index is 314. The third kappa shape index (κ3) is 1.84. The number of benzene rings is 1. The molecule has 0 amide bonds. The van der Waals surface area contributed by atoms with E-state index < -0.39 is 4.92 Å². The number of halogens is 1. The van der Waals surface area contributed by atoms with Crippen molar-refractivity contribution in [2.75, 3.05) is 4.93 Å². The van der Waals surface area contributed by atoms with Crippen molar-refractivity contribution in [2.45, 2.75) is 0 Å². The standard InChI is InChI=1S/C7H7INO3/c1-8-5-2-3-6(9(11)12)7(10)4-5/h2-4,10H,1H3/q-1. The average Bonchev–Trinajstić information content (AvgIpc) is 2.03. The predicted octanol–water partition coefficient (Wildman–Crippen LogP) is -1.81. The van der Waals surface area contributed by atoms with E-state index in [1.165, 1.54) is 12.1 Å². The van der Waals surface area contributed by atoms with Crippen molar-refractivity contribution in [3.05, 3.63) is 31.9 Å². The van der Waals surface area contributed by atoms with Crippen LogP contribution in [0.1, 0.15) is 0 Å². The molecule has 12 heavy (non-hydrogen) atoms. The molecule has 0 spiro atoms. The normalized spacial score (nSPS) is 10.1. The van der Waals surface area contributed by atoms with Gasteiger partial charge in [-0.25, -0.2) is 0 Å². The van der Waals surface area contributed by atoms with Crippen LogP contribution in [0, 0.1) is 13.7 Å². The minimum absolute atomic E-state index is 0.123. The molecule has 0 aliphatic rings. The van der Waals surface area contributed by atoms with E-state index in [0.29, 0.717) is 0 Å². The number of hydrogen-bond donors (Lipinski definition) is 1. The number of aromatic hydroxyl groups is 1. The van der Waals surface area contributed by atoms with E-state index in [9.17, 15) is 10.1 Å². The van der Waals surface area contributed by atoms with Crippen molar-refractivity contribution in [1.29, 1.82) is 0 Å². The van der Waals surface area contributed by atoms with E-state index >= 15 is 0 Å². The number of alkyl halides is 1. The number of hydrogen-bond acceptors (Lipinski definition) is 3. The molecule has 0 radical (unpaired) electrons. The Morgan fingerprint density at radius 1 is 1.58 bits per heavy atom. The second-order valence-corrected chi connectivity index (χ2v) is 4.40. The van der Waals surface area contributed by atoms with Crippen molar-refractivity contribution in [3.8, 4) is 5.75 Å². The molecule has 0 heterocycles. The van der Waals surface area contributed by atoms with Gasteiger partial charge in [0.25, 0.3) is 0 Å². The Morgan fingerprint density at radius 3 is 2.67 bits per heavy atom. The average molecular weight is 280 g/mol. The fourth-order valence-corrected chi connectivity index (χ4v) is 1.91. The molecule has 0 saturated heterocycles. The van der Waals surface area contributed by atoms with Crippen molar-refractivity contribution in [1.82, 2.24) is 0 Å². The molecule has 0 saturated carbocycles. The molecule has 1 rings (SSSR count). The Balaban J connectivity index is 3.12. The molecule has 5 heteroatoms. The zero-order chi connectivity index (χ0) is 9.14. The van der Waals surface area contributed by atoms with Crippen molar-refractivity contribution >= 4 is 5.69 Å². The Labute approximate surface area is 79.6 Å². The number of nitro groups is 1. The summed E-state index contributed by atoms with van der Waals surface area (Å²) in [5, 5.41) is 19.4. The van der Waals surface area contributed by atoms with Gasteiger partial charge in [-0.1, -0.05) is 0 Å². The molecule has 0 fully saturated rings. The first-order chi connectivity index (χ1) is 5.65. The monoisotopic (exact) mass is 280 g/mol. The summed E-state index contributed by atoms with van der Waals surface area (Å²) in [5.74, 6) is -0.237. The molecular formula is C7H7INO3-. The molecular weight excluding hydrogens is 273 g/mol. The Morgan fingerprint density at radius 2 is 2.25 bits per heavy atom.